The average Bonchev–Trinajstić information content (AvgIpc) is 2.85. The SMILES string of the molecule is NC1CCCC1OCC(=O)N1CCCC1. The van der Waals surface area contributed by atoms with E-state index in [2.05, 4.69) is 0 Å². The number of carbonyl (C=O) groups excluding carboxylic acids is 1. The zero-order chi connectivity index (χ0) is 10.7. The van der Waals surface area contributed by atoms with E-state index in [1.807, 2.05) is 4.90 Å². The Kier molecular flexibility index (Phi) is 3.59. The Morgan fingerprint density at radius 1 is 1.27 bits per heavy atom. The van der Waals surface area contributed by atoms with Crippen molar-refractivity contribution in [3.8, 4) is 0 Å². The van der Waals surface area contributed by atoms with Crippen LogP contribution in [0.2, 0.25) is 0 Å². The first-order valence-corrected chi connectivity index (χ1v) is 5.92. The zero-order valence-electron chi connectivity index (χ0n) is 9.15. The molecule has 2 atom stereocenters. The van der Waals surface area contributed by atoms with Crippen LogP contribution in [0.25, 0.3) is 0 Å². The lowest BCUT2D eigenvalue weighted by Gasteiger charge is -2.19. The van der Waals surface area contributed by atoms with Crippen LogP contribution >= 0.6 is 0 Å². The van der Waals surface area contributed by atoms with Crippen molar-refractivity contribution >= 4 is 5.91 Å². The largest absolute Gasteiger partial charge is 0.367 e. The standard InChI is InChI=1S/C11H20N2O2/c12-9-4-3-5-10(9)15-8-11(14)13-6-1-2-7-13/h9-10H,1-8,12H2. The van der Waals surface area contributed by atoms with Crippen molar-refractivity contribution in [1.82, 2.24) is 4.90 Å². The maximum absolute atomic E-state index is 11.7. The molecule has 4 nitrogen and oxygen atoms in total. The summed E-state index contributed by atoms with van der Waals surface area (Å²) in [6.07, 6.45) is 5.54. The fraction of sp³-hybridized carbons (Fsp3) is 0.909. The smallest absolute Gasteiger partial charge is 0.248 e. The highest BCUT2D eigenvalue weighted by Crippen LogP contribution is 2.20. The van der Waals surface area contributed by atoms with Crippen molar-refractivity contribution in [2.24, 2.45) is 5.73 Å². The van der Waals surface area contributed by atoms with Crippen LogP contribution in [0.15, 0.2) is 0 Å². The van der Waals surface area contributed by atoms with Gasteiger partial charge in [0.2, 0.25) is 5.91 Å². The van der Waals surface area contributed by atoms with Gasteiger partial charge in [0, 0.05) is 19.1 Å². The highest BCUT2D eigenvalue weighted by Gasteiger charge is 2.26. The second-order valence-corrected chi connectivity index (χ2v) is 4.53. The third-order valence-electron chi connectivity index (χ3n) is 3.38. The molecule has 2 unspecified atom stereocenters. The summed E-state index contributed by atoms with van der Waals surface area (Å²) < 4.78 is 5.57. The van der Waals surface area contributed by atoms with Crippen LogP contribution in [-0.2, 0) is 9.53 Å². The van der Waals surface area contributed by atoms with Gasteiger partial charge in [0.05, 0.1) is 6.10 Å². The number of nitrogens with zero attached hydrogens (tertiary/aromatic N) is 1. The molecular weight excluding hydrogens is 192 g/mol. The van der Waals surface area contributed by atoms with Crippen LogP contribution in [0.4, 0.5) is 0 Å². The van der Waals surface area contributed by atoms with Crippen LogP contribution in [-0.4, -0.2) is 42.6 Å². The van der Waals surface area contributed by atoms with Crippen molar-refractivity contribution in [2.45, 2.75) is 44.2 Å². The normalized spacial score (nSPS) is 31.1. The summed E-state index contributed by atoms with van der Waals surface area (Å²) in [7, 11) is 0. The fourth-order valence-corrected chi connectivity index (χ4v) is 2.40. The molecule has 15 heavy (non-hydrogen) atoms. The number of hydrogen-bond acceptors (Lipinski definition) is 3. The van der Waals surface area contributed by atoms with E-state index < -0.39 is 0 Å². The molecule has 2 fully saturated rings. The van der Waals surface area contributed by atoms with Crippen LogP contribution in [0.1, 0.15) is 32.1 Å². The second kappa shape index (κ2) is 4.94. The highest BCUT2D eigenvalue weighted by atomic mass is 16.5. The number of amides is 1. The Morgan fingerprint density at radius 2 is 2.00 bits per heavy atom. The molecule has 0 bridgehead atoms. The monoisotopic (exact) mass is 212 g/mol. The molecule has 1 amide bonds. The van der Waals surface area contributed by atoms with E-state index >= 15 is 0 Å². The van der Waals surface area contributed by atoms with E-state index in [1.54, 1.807) is 0 Å². The summed E-state index contributed by atoms with van der Waals surface area (Å²) in [5.41, 5.74) is 5.87. The van der Waals surface area contributed by atoms with Crippen molar-refractivity contribution in [2.75, 3.05) is 19.7 Å². The number of likely N-dealkylation sites (tertiary alicyclic amines) is 1. The maximum Gasteiger partial charge on any atom is 0.248 e. The predicted octanol–water partition coefficient (Wildman–Crippen LogP) is 0.505. The molecule has 2 N–H and O–H groups in total. The minimum atomic E-state index is 0.108. The van der Waals surface area contributed by atoms with E-state index in [4.69, 9.17) is 10.5 Å². The summed E-state index contributed by atoms with van der Waals surface area (Å²) in [4.78, 5) is 13.6. The molecule has 2 rings (SSSR count). The minimum absolute atomic E-state index is 0.108. The molecule has 1 heterocycles. The number of nitrogens with two attached hydrogens (primary N) is 1. The molecular formula is C11H20N2O2. The molecule has 0 spiro atoms. The Labute approximate surface area is 90.8 Å². The summed E-state index contributed by atoms with van der Waals surface area (Å²) in [5.74, 6) is 0.131. The number of hydrogen-bond donors (Lipinski definition) is 1. The van der Waals surface area contributed by atoms with Crippen LogP contribution in [0.5, 0.6) is 0 Å². The predicted molar refractivity (Wildman–Crippen MR) is 57.4 cm³/mol. The van der Waals surface area contributed by atoms with Gasteiger partial charge in [0.25, 0.3) is 0 Å². The van der Waals surface area contributed by atoms with Crippen LogP contribution in [0, 0.1) is 0 Å². The van der Waals surface area contributed by atoms with Crippen LogP contribution in [0.3, 0.4) is 0 Å². The molecule has 0 aromatic rings. The van der Waals surface area contributed by atoms with Gasteiger partial charge in [-0.3, -0.25) is 4.79 Å². The van der Waals surface area contributed by atoms with Crippen molar-refractivity contribution in [3.05, 3.63) is 0 Å². The quantitative estimate of drug-likeness (QED) is 0.741. The lowest BCUT2D eigenvalue weighted by Crippen LogP contribution is -2.37. The second-order valence-electron chi connectivity index (χ2n) is 4.53. The number of carbonyl (C=O) groups is 1. The lowest BCUT2D eigenvalue weighted by atomic mass is 10.2. The first kappa shape index (κ1) is 10.9. The Balaban J connectivity index is 1.70. The van der Waals surface area contributed by atoms with E-state index in [1.165, 1.54) is 0 Å². The van der Waals surface area contributed by atoms with E-state index in [9.17, 15) is 4.79 Å². The minimum Gasteiger partial charge on any atom is -0.367 e. The third-order valence-corrected chi connectivity index (χ3v) is 3.38. The molecule has 1 aliphatic carbocycles. The molecule has 0 aromatic carbocycles. The summed E-state index contributed by atoms with van der Waals surface area (Å²) in [5, 5.41) is 0. The molecule has 1 aliphatic heterocycles. The van der Waals surface area contributed by atoms with Gasteiger partial charge in [-0.15, -0.1) is 0 Å². The van der Waals surface area contributed by atoms with E-state index in [0.717, 1.165) is 45.2 Å². The summed E-state index contributed by atoms with van der Waals surface area (Å²) >= 11 is 0. The molecule has 0 aromatic heterocycles. The van der Waals surface area contributed by atoms with Crippen molar-refractivity contribution in [1.29, 1.82) is 0 Å². The fourth-order valence-electron chi connectivity index (χ4n) is 2.40. The van der Waals surface area contributed by atoms with E-state index in [0.29, 0.717) is 0 Å². The Hall–Kier alpha value is -0.610. The third kappa shape index (κ3) is 2.69. The Bertz CT molecular complexity index is 227. The van der Waals surface area contributed by atoms with Crippen molar-refractivity contribution < 1.29 is 9.53 Å². The molecule has 86 valence electrons. The maximum atomic E-state index is 11.7. The van der Waals surface area contributed by atoms with Gasteiger partial charge in [0.1, 0.15) is 6.61 Å². The van der Waals surface area contributed by atoms with Gasteiger partial charge in [-0.2, -0.15) is 0 Å². The van der Waals surface area contributed by atoms with Gasteiger partial charge >= 0.3 is 0 Å². The van der Waals surface area contributed by atoms with Gasteiger partial charge in [-0.1, -0.05) is 0 Å². The first-order valence-electron chi connectivity index (χ1n) is 5.92. The molecule has 1 saturated carbocycles. The molecule has 0 radical (unpaired) electrons. The van der Waals surface area contributed by atoms with Gasteiger partial charge in [0.15, 0.2) is 0 Å². The van der Waals surface area contributed by atoms with Gasteiger partial charge in [-0.25, -0.2) is 0 Å². The molecule has 4 heteroatoms. The summed E-state index contributed by atoms with van der Waals surface area (Å²) in [6, 6.07) is 0.136. The van der Waals surface area contributed by atoms with E-state index in [-0.39, 0.29) is 24.7 Å². The number of ether oxygens (including phenoxy) is 1. The topological polar surface area (TPSA) is 55.6 Å². The summed E-state index contributed by atoms with van der Waals surface area (Å²) in [6.45, 7) is 2.02. The highest BCUT2D eigenvalue weighted by molar-refractivity contribution is 5.77. The van der Waals surface area contributed by atoms with Gasteiger partial charge in [-0.05, 0) is 32.1 Å². The zero-order valence-corrected chi connectivity index (χ0v) is 9.15. The van der Waals surface area contributed by atoms with Gasteiger partial charge < -0.3 is 15.4 Å². The van der Waals surface area contributed by atoms with Crippen molar-refractivity contribution in [3.63, 3.8) is 0 Å². The lowest BCUT2D eigenvalue weighted by molar-refractivity contribution is -0.137. The Morgan fingerprint density at radius 3 is 2.60 bits per heavy atom. The van der Waals surface area contributed by atoms with Crippen LogP contribution < -0.4 is 5.73 Å². The average molecular weight is 212 g/mol. The molecule has 1 saturated heterocycles. The number of rotatable bonds is 3. The molecule has 2 aliphatic rings. The first-order chi connectivity index (χ1) is 7.27.